The SMILES string of the molecule is Clc1ccccc1-c1ccccc1CN1CCC(NCc2ccccn2)CC1. The Labute approximate surface area is 172 Å². The summed E-state index contributed by atoms with van der Waals surface area (Å²) in [5.74, 6) is 0. The van der Waals surface area contributed by atoms with E-state index in [9.17, 15) is 0 Å². The van der Waals surface area contributed by atoms with Gasteiger partial charge in [0.25, 0.3) is 0 Å². The van der Waals surface area contributed by atoms with Crippen molar-refractivity contribution in [2.75, 3.05) is 13.1 Å². The molecule has 0 bridgehead atoms. The number of nitrogens with zero attached hydrogens (tertiary/aromatic N) is 2. The number of nitrogens with one attached hydrogen (secondary N) is 1. The molecule has 3 nitrogen and oxygen atoms in total. The normalized spacial score (nSPS) is 15.6. The summed E-state index contributed by atoms with van der Waals surface area (Å²) in [6.45, 7) is 4.03. The maximum atomic E-state index is 6.45. The predicted octanol–water partition coefficient (Wildman–Crippen LogP) is 5.16. The summed E-state index contributed by atoms with van der Waals surface area (Å²) in [4.78, 5) is 6.95. The van der Waals surface area contributed by atoms with E-state index in [0.717, 1.165) is 42.5 Å². The fourth-order valence-electron chi connectivity index (χ4n) is 3.89. The van der Waals surface area contributed by atoms with Gasteiger partial charge in [0.15, 0.2) is 0 Å². The second-order valence-corrected chi connectivity index (χ2v) is 7.80. The summed E-state index contributed by atoms with van der Waals surface area (Å²) < 4.78 is 0. The fraction of sp³-hybridized carbons (Fsp3) is 0.292. The van der Waals surface area contributed by atoms with Crippen molar-refractivity contribution in [1.29, 1.82) is 0 Å². The topological polar surface area (TPSA) is 28.2 Å². The van der Waals surface area contributed by atoms with E-state index in [2.05, 4.69) is 57.7 Å². The molecule has 1 aliphatic heterocycles. The lowest BCUT2D eigenvalue weighted by atomic mass is 9.98. The zero-order valence-electron chi connectivity index (χ0n) is 16.0. The van der Waals surface area contributed by atoms with Crippen LogP contribution >= 0.6 is 11.6 Å². The van der Waals surface area contributed by atoms with Gasteiger partial charge in [-0.15, -0.1) is 0 Å². The van der Waals surface area contributed by atoms with Gasteiger partial charge in [-0.2, -0.15) is 0 Å². The van der Waals surface area contributed by atoms with Crippen LogP contribution in [0.15, 0.2) is 72.9 Å². The molecular weight excluding hydrogens is 366 g/mol. The van der Waals surface area contributed by atoms with Crippen LogP contribution in [0.2, 0.25) is 5.02 Å². The van der Waals surface area contributed by atoms with Crippen LogP contribution in [0.5, 0.6) is 0 Å². The van der Waals surface area contributed by atoms with Crippen molar-refractivity contribution < 1.29 is 0 Å². The lowest BCUT2D eigenvalue weighted by Crippen LogP contribution is -2.42. The van der Waals surface area contributed by atoms with E-state index in [1.54, 1.807) is 0 Å². The Morgan fingerprint density at radius 3 is 2.36 bits per heavy atom. The lowest BCUT2D eigenvalue weighted by molar-refractivity contribution is 0.190. The van der Waals surface area contributed by atoms with Gasteiger partial charge in [0.05, 0.1) is 5.69 Å². The minimum Gasteiger partial charge on any atom is -0.308 e. The summed E-state index contributed by atoms with van der Waals surface area (Å²) in [6, 6.07) is 23.4. The Morgan fingerprint density at radius 2 is 1.61 bits per heavy atom. The summed E-state index contributed by atoms with van der Waals surface area (Å²) in [5, 5.41) is 4.47. The number of likely N-dealkylation sites (tertiary alicyclic amines) is 1. The maximum absolute atomic E-state index is 6.45. The van der Waals surface area contributed by atoms with Crippen LogP contribution in [0.1, 0.15) is 24.1 Å². The van der Waals surface area contributed by atoms with Gasteiger partial charge in [-0.3, -0.25) is 9.88 Å². The molecule has 0 saturated carbocycles. The summed E-state index contributed by atoms with van der Waals surface area (Å²) >= 11 is 6.45. The highest BCUT2D eigenvalue weighted by Gasteiger charge is 2.20. The minimum absolute atomic E-state index is 0.567. The zero-order chi connectivity index (χ0) is 19.2. The van der Waals surface area contributed by atoms with Crippen molar-refractivity contribution >= 4 is 11.6 Å². The molecule has 0 atom stereocenters. The summed E-state index contributed by atoms with van der Waals surface area (Å²) in [7, 11) is 0. The smallest absolute Gasteiger partial charge is 0.0541 e. The predicted molar refractivity (Wildman–Crippen MR) is 116 cm³/mol. The Bertz CT molecular complexity index is 889. The van der Waals surface area contributed by atoms with Crippen LogP contribution in [0.4, 0.5) is 0 Å². The van der Waals surface area contributed by atoms with E-state index < -0.39 is 0 Å². The molecule has 1 saturated heterocycles. The molecule has 4 heteroatoms. The van der Waals surface area contributed by atoms with Gasteiger partial charge in [0, 0.05) is 35.9 Å². The molecule has 4 rings (SSSR count). The van der Waals surface area contributed by atoms with Crippen LogP contribution in [0, 0.1) is 0 Å². The number of rotatable bonds is 6. The van der Waals surface area contributed by atoms with Gasteiger partial charge in [0.1, 0.15) is 0 Å². The fourth-order valence-corrected chi connectivity index (χ4v) is 4.13. The quantitative estimate of drug-likeness (QED) is 0.629. The van der Waals surface area contributed by atoms with Gasteiger partial charge in [-0.25, -0.2) is 0 Å². The number of piperidine rings is 1. The average molecular weight is 392 g/mol. The van der Waals surface area contributed by atoms with E-state index in [0.29, 0.717) is 6.04 Å². The van der Waals surface area contributed by atoms with E-state index in [1.165, 1.54) is 24.0 Å². The molecule has 144 valence electrons. The van der Waals surface area contributed by atoms with E-state index in [4.69, 9.17) is 11.6 Å². The van der Waals surface area contributed by atoms with Crippen molar-refractivity contribution in [3.05, 3.63) is 89.2 Å². The second kappa shape index (κ2) is 9.33. The Hall–Kier alpha value is -2.20. The number of halogens is 1. The van der Waals surface area contributed by atoms with Crippen molar-refractivity contribution in [2.45, 2.75) is 32.0 Å². The molecular formula is C24H26ClN3. The van der Waals surface area contributed by atoms with Crippen LogP contribution in [-0.2, 0) is 13.1 Å². The highest BCUT2D eigenvalue weighted by atomic mass is 35.5. The van der Waals surface area contributed by atoms with E-state index in [1.807, 2.05) is 30.5 Å². The minimum atomic E-state index is 0.567. The molecule has 3 aromatic rings. The largest absolute Gasteiger partial charge is 0.308 e. The monoisotopic (exact) mass is 391 g/mol. The lowest BCUT2D eigenvalue weighted by Gasteiger charge is -2.33. The molecule has 0 unspecified atom stereocenters. The number of pyridine rings is 1. The summed E-state index contributed by atoms with van der Waals surface area (Å²) in [6.07, 6.45) is 4.19. The van der Waals surface area contributed by atoms with Gasteiger partial charge >= 0.3 is 0 Å². The highest BCUT2D eigenvalue weighted by Crippen LogP contribution is 2.31. The number of hydrogen-bond acceptors (Lipinski definition) is 3. The third-order valence-corrected chi connectivity index (χ3v) is 5.79. The first-order chi connectivity index (χ1) is 13.8. The molecule has 2 aromatic carbocycles. The molecule has 0 radical (unpaired) electrons. The first-order valence-corrected chi connectivity index (χ1v) is 10.4. The highest BCUT2D eigenvalue weighted by molar-refractivity contribution is 6.33. The third kappa shape index (κ3) is 4.79. The molecule has 1 N–H and O–H groups in total. The molecule has 1 aliphatic rings. The Morgan fingerprint density at radius 1 is 0.893 bits per heavy atom. The number of aromatic nitrogens is 1. The molecule has 2 heterocycles. The van der Waals surface area contributed by atoms with Gasteiger partial charge in [-0.05, 0) is 55.3 Å². The Kier molecular flexibility index (Phi) is 6.38. The van der Waals surface area contributed by atoms with E-state index in [-0.39, 0.29) is 0 Å². The Balaban J connectivity index is 1.35. The van der Waals surface area contributed by atoms with Gasteiger partial charge < -0.3 is 5.32 Å². The third-order valence-electron chi connectivity index (χ3n) is 5.46. The molecule has 1 aromatic heterocycles. The van der Waals surface area contributed by atoms with Gasteiger partial charge in [-0.1, -0.05) is 60.1 Å². The average Bonchev–Trinajstić information content (AvgIpc) is 2.75. The van der Waals surface area contributed by atoms with Gasteiger partial charge in [0.2, 0.25) is 0 Å². The number of hydrogen-bond donors (Lipinski definition) is 1. The molecule has 0 aliphatic carbocycles. The maximum Gasteiger partial charge on any atom is 0.0541 e. The summed E-state index contributed by atoms with van der Waals surface area (Å²) in [5.41, 5.74) is 4.81. The van der Waals surface area contributed by atoms with Crippen molar-refractivity contribution in [3.8, 4) is 11.1 Å². The molecule has 1 fully saturated rings. The van der Waals surface area contributed by atoms with Crippen LogP contribution in [0.3, 0.4) is 0 Å². The number of benzene rings is 2. The zero-order valence-corrected chi connectivity index (χ0v) is 16.8. The van der Waals surface area contributed by atoms with Crippen molar-refractivity contribution in [3.63, 3.8) is 0 Å². The molecule has 0 amide bonds. The van der Waals surface area contributed by atoms with Crippen molar-refractivity contribution in [1.82, 2.24) is 15.2 Å². The second-order valence-electron chi connectivity index (χ2n) is 7.39. The van der Waals surface area contributed by atoms with Crippen LogP contribution in [0.25, 0.3) is 11.1 Å². The van der Waals surface area contributed by atoms with Crippen LogP contribution < -0.4 is 5.32 Å². The van der Waals surface area contributed by atoms with Crippen molar-refractivity contribution in [2.24, 2.45) is 0 Å². The molecule has 28 heavy (non-hydrogen) atoms. The van der Waals surface area contributed by atoms with Crippen LogP contribution in [-0.4, -0.2) is 29.0 Å². The first-order valence-electron chi connectivity index (χ1n) is 9.98. The standard InChI is InChI=1S/C24H26ClN3/c25-24-11-4-3-10-23(24)22-9-2-1-7-19(22)18-28-15-12-20(13-16-28)27-17-21-8-5-6-14-26-21/h1-11,14,20,27H,12-13,15-18H2. The van der Waals surface area contributed by atoms with E-state index >= 15 is 0 Å². The molecule has 0 spiro atoms. The first kappa shape index (κ1) is 19.1.